The zero-order valence-corrected chi connectivity index (χ0v) is 14.2. The zero-order chi connectivity index (χ0) is 19.7. The Kier molecular flexibility index (Phi) is 4.34. The fourth-order valence-electron chi connectivity index (χ4n) is 2.67. The molecule has 1 aromatic carbocycles. The van der Waals surface area contributed by atoms with Crippen LogP contribution in [0, 0.1) is 0 Å². The van der Waals surface area contributed by atoms with Crippen molar-refractivity contribution in [2.45, 2.75) is 12.8 Å². The third-order valence-electron chi connectivity index (χ3n) is 3.98. The van der Waals surface area contributed by atoms with Crippen LogP contribution in [-0.2, 0) is 17.5 Å². The van der Waals surface area contributed by atoms with Crippen molar-refractivity contribution in [3.05, 3.63) is 78.0 Å². The van der Waals surface area contributed by atoms with Gasteiger partial charge >= 0.3 is 12.1 Å². The molecule has 0 amide bonds. The molecule has 0 saturated heterocycles. The van der Waals surface area contributed by atoms with Crippen LogP contribution < -0.4 is 0 Å². The van der Waals surface area contributed by atoms with Crippen molar-refractivity contribution in [2.75, 3.05) is 0 Å². The molecule has 6 nitrogen and oxygen atoms in total. The predicted octanol–water partition coefficient (Wildman–Crippen LogP) is 4.37. The van der Waals surface area contributed by atoms with Crippen molar-refractivity contribution in [1.29, 1.82) is 0 Å². The molecular formula is C19H12F3N3O3. The van der Waals surface area contributed by atoms with Crippen LogP contribution in [0.25, 0.3) is 16.9 Å². The van der Waals surface area contributed by atoms with Gasteiger partial charge in [-0.15, -0.1) is 0 Å². The van der Waals surface area contributed by atoms with Crippen molar-refractivity contribution in [2.24, 2.45) is 0 Å². The van der Waals surface area contributed by atoms with Crippen molar-refractivity contribution < 1.29 is 27.1 Å². The van der Waals surface area contributed by atoms with Gasteiger partial charge in [0.05, 0.1) is 18.2 Å². The van der Waals surface area contributed by atoms with E-state index in [1.54, 1.807) is 42.5 Å². The highest BCUT2D eigenvalue weighted by atomic mass is 19.4. The largest absolute Gasteiger partial charge is 0.466 e. The van der Waals surface area contributed by atoms with Gasteiger partial charge in [-0.3, -0.25) is 0 Å². The number of nitrogens with zero attached hydrogens (tertiary/aromatic N) is 3. The zero-order valence-electron chi connectivity index (χ0n) is 14.2. The van der Waals surface area contributed by atoms with E-state index in [2.05, 4.69) is 10.1 Å². The van der Waals surface area contributed by atoms with E-state index in [0.29, 0.717) is 15.8 Å². The first-order valence-corrected chi connectivity index (χ1v) is 8.14. The summed E-state index contributed by atoms with van der Waals surface area (Å²) in [6.45, 7) is -0.159. The smallest absolute Gasteiger partial charge is 0.433 e. The van der Waals surface area contributed by atoms with Crippen LogP contribution in [-0.4, -0.2) is 20.6 Å². The molecule has 3 aromatic heterocycles. The van der Waals surface area contributed by atoms with Crippen LogP contribution in [0.5, 0.6) is 0 Å². The molecule has 0 saturated carbocycles. The van der Waals surface area contributed by atoms with Crippen LogP contribution in [0.1, 0.15) is 21.8 Å². The number of hydrogen-bond acceptors (Lipinski definition) is 5. The molecule has 0 radical (unpaired) electrons. The average molecular weight is 387 g/mol. The second-order valence-electron chi connectivity index (χ2n) is 5.84. The van der Waals surface area contributed by atoms with Gasteiger partial charge in [-0.2, -0.15) is 18.3 Å². The van der Waals surface area contributed by atoms with Crippen LogP contribution in [0.4, 0.5) is 13.2 Å². The summed E-state index contributed by atoms with van der Waals surface area (Å²) in [5.74, 6) is -0.448. The molecule has 4 rings (SSSR count). The molecule has 0 atom stereocenters. The van der Waals surface area contributed by atoms with Gasteiger partial charge in [0.2, 0.25) is 0 Å². The molecule has 0 fully saturated rings. The summed E-state index contributed by atoms with van der Waals surface area (Å²) in [4.78, 5) is 16.6. The second-order valence-corrected chi connectivity index (χ2v) is 5.84. The van der Waals surface area contributed by atoms with Crippen LogP contribution >= 0.6 is 0 Å². The summed E-state index contributed by atoms with van der Waals surface area (Å²) in [5.41, 5.74) is -0.901. The fraction of sp³-hybridized carbons (Fsp3) is 0.105. The first-order valence-electron chi connectivity index (χ1n) is 8.14. The predicted molar refractivity (Wildman–Crippen MR) is 91.3 cm³/mol. The SMILES string of the molecule is O=C(OCc1ccco1)c1cnn2c(C(F)(F)F)cc(-c3ccccc3)nc12. The Morgan fingerprint density at radius 1 is 1.14 bits per heavy atom. The number of carbonyl (C=O) groups is 1. The molecule has 0 aliphatic carbocycles. The molecule has 0 N–H and O–H groups in total. The third kappa shape index (κ3) is 3.34. The van der Waals surface area contributed by atoms with Crippen LogP contribution in [0.15, 0.2) is 65.4 Å². The van der Waals surface area contributed by atoms with Gasteiger partial charge in [-0.05, 0) is 18.2 Å². The standard InChI is InChI=1S/C19H12F3N3O3/c20-19(21,22)16-9-15(12-5-2-1-3-6-12)24-17-14(10-23-25(16)17)18(26)28-11-13-7-4-8-27-13/h1-10H,11H2. The number of alkyl halides is 3. The van der Waals surface area contributed by atoms with Gasteiger partial charge in [0.25, 0.3) is 0 Å². The maximum atomic E-state index is 13.5. The first-order chi connectivity index (χ1) is 13.4. The number of benzene rings is 1. The lowest BCUT2D eigenvalue weighted by Crippen LogP contribution is -2.14. The molecule has 0 spiro atoms. The Morgan fingerprint density at radius 2 is 1.93 bits per heavy atom. The van der Waals surface area contributed by atoms with Gasteiger partial charge < -0.3 is 9.15 Å². The van der Waals surface area contributed by atoms with E-state index >= 15 is 0 Å². The normalized spacial score (nSPS) is 11.7. The minimum absolute atomic E-state index is 0.0704. The maximum Gasteiger partial charge on any atom is 0.433 e. The van der Waals surface area contributed by atoms with Crippen molar-refractivity contribution in [3.8, 4) is 11.3 Å². The van der Waals surface area contributed by atoms with E-state index in [1.165, 1.54) is 6.26 Å². The quantitative estimate of drug-likeness (QED) is 0.487. The molecule has 3 heterocycles. The number of ether oxygens (including phenoxy) is 1. The van der Waals surface area contributed by atoms with Crippen molar-refractivity contribution in [1.82, 2.24) is 14.6 Å². The number of halogens is 3. The monoisotopic (exact) mass is 387 g/mol. The minimum Gasteiger partial charge on any atom is -0.466 e. The molecule has 0 bridgehead atoms. The molecule has 0 aliphatic rings. The van der Waals surface area contributed by atoms with Gasteiger partial charge in [-0.25, -0.2) is 14.3 Å². The Balaban J connectivity index is 1.79. The van der Waals surface area contributed by atoms with E-state index in [-0.39, 0.29) is 23.5 Å². The summed E-state index contributed by atoms with van der Waals surface area (Å²) in [6, 6.07) is 12.5. The summed E-state index contributed by atoms with van der Waals surface area (Å²) >= 11 is 0. The first kappa shape index (κ1) is 17.8. The van der Waals surface area contributed by atoms with Crippen LogP contribution in [0.2, 0.25) is 0 Å². The maximum absolute atomic E-state index is 13.5. The number of hydrogen-bond donors (Lipinski definition) is 0. The van der Waals surface area contributed by atoms with Crippen molar-refractivity contribution in [3.63, 3.8) is 0 Å². The van der Waals surface area contributed by atoms with Gasteiger partial charge in [0, 0.05) is 5.56 Å². The molecule has 142 valence electrons. The second kappa shape index (κ2) is 6.84. The molecule has 28 heavy (non-hydrogen) atoms. The number of rotatable bonds is 4. The topological polar surface area (TPSA) is 69.6 Å². The Bertz CT molecular complexity index is 1120. The third-order valence-corrected chi connectivity index (χ3v) is 3.98. The summed E-state index contributed by atoms with van der Waals surface area (Å²) in [7, 11) is 0. The lowest BCUT2D eigenvalue weighted by molar-refractivity contribution is -0.142. The van der Waals surface area contributed by atoms with Crippen LogP contribution in [0.3, 0.4) is 0 Å². The lowest BCUT2D eigenvalue weighted by Gasteiger charge is -2.11. The van der Waals surface area contributed by atoms with Gasteiger partial charge in [-0.1, -0.05) is 30.3 Å². The number of esters is 1. The van der Waals surface area contributed by atoms with Crippen molar-refractivity contribution >= 4 is 11.6 Å². The molecule has 0 aliphatic heterocycles. The fourth-order valence-corrected chi connectivity index (χ4v) is 2.67. The van der Waals surface area contributed by atoms with E-state index in [1.807, 2.05) is 0 Å². The Morgan fingerprint density at radius 3 is 2.61 bits per heavy atom. The van der Waals surface area contributed by atoms with E-state index in [4.69, 9.17) is 9.15 Å². The van der Waals surface area contributed by atoms with Gasteiger partial charge in [0.15, 0.2) is 11.3 Å². The number of fused-ring (bicyclic) bond motifs is 1. The lowest BCUT2D eigenvalue weighted by atomic mass is 10.1. The highest BCUT2D eigenvalue weighted by Crippen LogP contribution is 2.32. The summed E-state index contributed by atoms with van der Waals surface area (Å²) in [5, 5.41) is 3.70. The van der Waals surface area contributed by atoms with Gasteiger partial charge in [0.1, 0.15) is 17.9 Å². The molecule has 4 aromatic rings. The number of aromatic nitrogens is 3. The molecule has 9 heteroatoms. The van der Waals surface area contributed by atoms with E-state index < -0.39 is 17.8 Å². The highest BCUT2D eigenvalue weighted by Gasteiger charge is 2.36. The average Bonchev–Trinajstić information content (AvgIpc) is 3.35. The highest BCUT2D eigenvalue weighted by molar-refractivity contribution is 5.96. The molecular weight excluding hydrogens is 375 g/mol. The molecule has 0 unspecified atom stereocenters. The number of carbonyl (C=O) groups excluding carboxylic acids is 1. The number of furan rings is 1. The van der Waals surface area contributed by atoms with E-state index in [0.717, 1.165) is 12.3 Å². The minimum atomic E-state index is -4.69. The van der Waals surface area contributed by atoms with E-state index in [9.17, 15) is 18.0 Å². The summed E-state index contributed by atoms with van der Waals surface area (Å²) in [6.07, 6.45) is -2.26. The Labute approximate surface area is 156 Å². The Hall–Kier alpha value is -3.62. The summed E-state index contributed by atoms with van der Waals surface area (Å²) < 4.78 is 51.4.